The number of halogens is 1. The zero-order chi connectivity index (χ0) is 12.9. The molecule has 1 unspecified atom stereocenters. The molecule has 3 rings (SSSR count). The number of benzene rings is 1. The lowest BCUT2D eigenvalue weighted by Crippen LogP contribution is -2.21. The van der Waals surface area contributed by atoms with Crippen LogP contribution in [0.3, 0.4) is 0 Å². The Morgan fingerprint density at radius 2 is 2.22 bits per heavy atom. The summed E-state index contributed by atoms with van der Waals surface area (Å²) in [5.74, 6) is 0.852. The van der Waals surface area contributed by atoms with Crippen LogP contribution in [0.25, 0.3) is 0 Å². The van der Waals surface area contributed by atoms with E-state index in [1.165, 1.54) is 0 Å². The van der Waals surface area contributed by atoms with Gasteiger partial charge in [0.15, 0.2) is 0 Å². The molecule has 0 spiro atoms. The Bertz CT molecular complexity index is 523. The molecule has 1 heterocycles. The van der Waals surface area contributed by atoms with Crippen molar-refractivity contribution in [3.8, 4) is 5.75 Å². The summed E-state index contributed by atoms with van der Waals surface area (Å²) in [6.45, 7) is 4.00. The lowest BCUT2D eigenvalue weighted by molar-refractivity contribution is -0.120. The highest BCUT2D eigenvalue weighted by atomic mass is 35.5. The van der Waals surface area contributed by atoms with E-state index in [1.54, 1.807) is 6.07 Å². The van der Waals surface area contributed by atoms with E-state index in [9.17, 15) is 4.79 Å². The van der Waals surface area contributed by atoms with Crippen LogP contribution >= 0.6 is 11.6 Å². The fourth-order valence-electron chi connectivity index (χ4n) is 2.26. The average Bonchev–Trinajstić information content (AvgIpc) is 2.92. The summed E-state index contributed by atoms with van der Waals surface area (Å²) in [4.78, 5) is 12.0. The van der Waals surface area contributed by atoms with Crippen molar-refractivity contribution in [2.45, 2.75) is 39.2 Å². The molecule has 1 N–H and O–H groups in total. The number of anilines is 1. The molecule has 18 heavy (non-hydrogen) atoms. The number of hydrogen-bond acceptors (Lipinski definition) is 2. The summed E-state index contributed by atoms with van der Waals surface area (Å²) >= 11 is 6.18. The standard InChI is InChI=1S/C14H16ClNO2/c1-8-5-9-6-10(7-11(15)12(9)18-8)16-13(17)14(2)3-4-14/h6-8H,3-5H2,1-2H3,(H,16,17). The Hall–Kier alpha value is -1.22. The number of nitrogens with one attached hydrogen (secondary N) is 1. The van der Waals surface area contributed by atoms with Crippen molar-refractivity contribution < 1.29 is 9.53 Å². The minimum absolute atomic E-state index is 0.0884. The fraction of sp³-hybridized carbons (Fsp3) is 0.500. The molecule has 1 aliphatic carbocycles. The molecular formula is C14H16ClNO2. The van der Waals surface area contributed by atoms with Gasteiger partial charge in [0.05, 0.1) is 5.02 Å². The zero-order valence-corrected chi connectivity index (χ0v) is 11.3. The van der Waals surface area contributed by atoms with Crippen molar-refractivity contribution >= 4 is 23.2 Å². The van der Waals surface area contributed by atoms with E-state index in [-0.39, 0.29) is 17.4 Å². The van der Waals surface area contributed by atoms with Gasteiger partial charge in [-0.15, -0.1) is 0 Å². The quantitative estimate of drug-likeness (QED) is 0.890. The van der Waals surface area contributed by atoms with E-state index in [0.29, 0.717) is 5.02 Å². The molecule has 1 aromatic rings. The molecule has 1 aromatic carbocycles. The van der Waals surface area contributed by atoms with Crippen LogP contribution < -0.4 is 10.1 Å². The Morgan fingerprint density at radius 3 is 2.89 bits per heavy atom. The van der Waals surface area contributed by atoms with Gasteiger partial charge in [-0.1, -0.05) is 18.5 Å². The number of carbonyl (C=O) groups excluding carboxylic acids is 1. The van der Waals surface area contributed by atoms with Crippen LogP contribution in [-0.4, -0.2) is 12.0 Å². The monoisotopic (exact) mass is 265 g/mol. The number of hydrogen-bond donors (Lipinski definition) is 1. The van der Waals surface area contributed by atoms with Gasteiger partial charge in [-0.3, -0.25) is 4.79 Å². The SMILES string of the molecule is CC1Cc2cc(NC(=O)C3(C)CC3)cc(Cl)c2O1. The summed E-state index contributed by atoms with van der Waals surface area (Å²) in [7, 11) is 0. The molecule has 1 aliphatic heterocycles. The molecule has 1 atom stereocenters. The molecule has 1 amide bonds. The third-order valence-electron chi connectivity index (χ3n) is 3.75. The molecule has 0 bridgehead atoms. The highest BCUT2D eigenvalue weighted by molar-refractivity contribution is 6.32. The van der Waals surface area contributed by atoms with Gasteiger partial charge in [-0.2, -0.15) is 0 Å². The highest BCUT2D eigenvalue weighted by Crippen LogP contribution is 2.46. The average molecular weight is 266 g/mol. The second kappa shape index (κ2) is 3.89. The smallest absolute Gasteiger partial charge is 0.230 e. The van der Waals surface area contributed by atoms with E-state index in [1.807, 2.05) is 19.9 Å². The predicted octanol–water partition coefficient (Wildman–Crippen LogP) is 3.40. The van der Waals surface area contributed by atoms with Crippen LogP contribution in [-0.2, 0) is 11.2 Å². The second-order valence-corrected chi connectivity index (χ2v) is 6.00. The van der Waals surface area contributed by atoms with Crippen molar-refractivity contribution in [1.29, 1.82) is 0 Å². The van der Waals surface area contributed by atoms with E-state index in [0.717, 1.165) is 36.3 Å². The topological polar surface area (TPSA) is 38.3 Å². The molecule has 3 nitrogen and oxygen atoms in total. The first-order valence-corrected chi connectivity index (χ1v) is 6.66. The van der Waals surface area contributed by atoms with Gasteiger partial charge in [-0.25, -0.2) is 0 Å². The maximum Gasteiger partial charge on any atom is 0.230 e. The lowest BCUT2D eigenvalue weighted by atomic mass is 10.1. The molecule has 0 saturated heterocycles. The van der Waals surface area contributed by atoms with E-state index in [4.69, 9.17) is 16.3 Å². The van der Waals surface area contributed by atoms with Gasteiger partial charge in [0.2, 0.25) is 5.91 Å². The first kappa shape index (κ1) is 11.8. The fourth-order valence-corrected chi connectivity index (χ4v) is 2.54. The minimum atomic E-state index is -0.171. The number of rotatable bonds is 2. The van der Waals surface area contributed by atoms with E-state index >= 15 is 0 Å². The van der Waals surface area contributed by atoms with Crippen LogP contribution in [0.2, 0.25) is 5.02 Å². The molecule has 0 aromatic heterocycles. The van der Waals surface area contributed by atoms with Crippen LogP contribution in [0.1, 0.15) is 32.3 Å². The summed E-state index contributed by atoms with van der Waals surface area (Å²) in [5, 5.41) is 3.53. The van der Waals surface area contributed by atoms with Gasteiger partial charge in [0.1, 0.15) is 11.9 Å². The van der Waals surface area contributed by atoms with Gasteiger partial charge in [0.25, 0.3) is 0 Å². The number of ether oxygens (including phenoxy) is 1. The summed E-state index contributed by atoms with van der Waals surface area (Å²) < 4.78 is 5.63. The molecule has 2 aliphatic rings. The number of carbonyl (C=O) groups is 1. The first-order valence-electron chi connectivity index (χ1n) is 6.28. The van der Waals surface area contributed by atoms with Crippen LogP contribution in [0.4, 0.5) is 5.69 Å². The lowest BCUT2D eigenvalue weighted by Gasteiger charge is -2.11. The minimum Gasteiger partial charge on any atom is -0.489 e. The maximum atomic E-state index is 12.0. The van der Waals surface area contributed by atoms with Crippen LogP contribution in [0, 0.1) is 5.41 Å². The number of amides is 1. The molecular weight excluding hydrogens is 250 g/mol. The van der Waals surface area contributed by atoms with Crippen molar-refractivity contribution in [3.05, 3.63) is 22.7 Å². The summed E-state index contributed by atoms with van der Waals surface area (Å²) in [5.41, 5.74) is 1.68. The molecule has 1 fully saturated rings. The third-order valence-corrected chi connectivity index (χ3v) is 4.03. The molecule has 4 heteroatoms. The normalized spacial score (nSPS) is 23.2. The number of fused-ring (bicyclic) bond motifs is 1. The first-order chi connectivity index (χ1) is 8.48. The van der Waals surface area contributed by atoms with Crippen molar-refractivity contribution in [2.24, 2.45) is 5.41 Å². The van der Waals surface area contributed by atoms with Crippen molar-refractivity contribution in [1.82, 2.24) is 0 Å². The largest absolute Gasteiger partial charge is 0.489 e. The molecule has 0 radical (unpaired) electrons. The van der Waals surface area contributed by atoms with Crippen molar-refractivity contribution in [3.63, 3.8) is 0 Å². The van der Waals surface area contributed by atoms with Crippen molar-refractivity contribution in [2.75, 3.05) is 5.32 Å². The second-order valence-electron chi connectivity index (χ2n) is 5.59. The maximum absolute atomic E-state index is 12.0. The van der Waals surface area contributed by atoms with Crippen LogP contribution in [0.5, 0.6) is 5.75 Å². The zero-order valence-electron chi connectivity index (χ0n) is 10.5. The van der Waals surface area contributed by atoms with Crippen LogP contribution in [0.15, 0.2) is 12.1 Å². The van der Waals surface area contributed by atoms with Gasteiger partial charge < -0.3 is 10.1 Å². The Morgan fingerprint density at radius 1 is 1.50 bits per heavy atom. The van der Waals surface area contributed by atoms with E-state index < -0.39 is 0 Å². The Balaban J connectivity index is 1.84. The Labute approximate surface area is 111 Å². The van der Waals surface area contributed by atoms with Gasteiger partial charge in [0, 0.05) is 23.1 Å². The van der Waals surface area contributed by atoms with Gasteiger partial charge in [-0.05, 0) is 31.9 Å². The summed E-state index contributed by atoms with van der Waals surface area (Å²) in [6, 6.07) is 3.73. The van der Waals surface area contributed by atoms with E-state index in [2.05, 4.69) is 5.32 Å². The van der Waals surface area contributed by atoms with Gasteiger partial charge >= 0.3 is 0 Å². The molecule has 1 saturated carbocycles. The third kappa shape index (κ3) is 1.97. The molecule has 96 valence electrons. The predicted molar refractivity (Wildman–Crippen MR) is 71.2 cm³/mol. The Kier molecular flexibility index (Phi) is 2.56. The summed E-state index contributed by atoms with van der Waals surface area (Å²) in [6.07, 6.45) is 2.94. The highest BCUT2D eigenvalue weighted by Gasteiger charge is 2.44.